The summed E-state index contributed by atoms with van der Waals surface area (Å²) in [5.74, 6) is -0.00918. The SMILES string of the molecule is CCCNC(=O)Nc1ccc2c(c1)NC(=O)C(C)S2. The van der Waals surface area contributed by atoms with Crippen molar-refractivity contribution in [1.29, 1.82) is 0 Å². The Hall–Kier alpha value is -1.69. The topological polar surface area (TPSA) is 70.2 Å². The lowest BCUT2D eigenvalue weighted by atomic mass is 10.2. The van der Waals surface area contributed by atoms with E-state index in [2.05, 4.69) is 16.0 Å². The maximum absolute atomic E-state index is 11.6. The van der Waals surface area contributed by atoms with Gasteiger partial charge >= 0.3 is 6.03 Å². The molecule has 6 heteroatoms. The Morgan fingerprint density at radius 1 is 1.47 bits per heavy atom. The number of thioether (sulfide) groups is 1. The van der Waals surface area contributed by atoms with Gasteiger partial charge in [-0.05, 0) is 31.5 Å². The van der Waals surface area contributed by atoms with E-state index in [1.165, 1.54) is 11.8 Å². The van der Waals surface area contributed by atoms with Gasteiger partial charge in [-0.3, -0.25) is 4.79 Å². The van der Waals surface area contributed by atoms with Gasteiger partial charge in [0.25, 0.3) is 0 Å². The molecule has 0 saturated carbocycles. The molecular weight excluding hydrogens is 262 g/mol. The van der Waals surface area contributed by atoms with E-state index in [9.17, 15) is 9.59 Å². The number of carbonyl (C=O) groups is 2. The summed E-state index contributed by atoms with van der Waals surface area (Å²) in [6.07, 6.45) is 0.891. The Morgan fingerprint density at radius 3 is 3.00 bits per heavy atom. The molecule has 5 nitrogen and oxygen atoms in total. The molecule has 3 amide bonds. The molecule has 1 unspecified atom stereocenters. The van der Waals surface area contributed by atoms with Crippen LogP contribution in [-0.2, 0) is 4.79 Å². The zero-order valence-corrected chi connectivity index (χ0v) is 11.8. The van der Waals surface area contributed by atoms with Crippen molar-refractivity contribution in [2.45, 2.75) is 30.4 Å². The summed E-state index contributed by atoms with van der Waals surface area (Å²) >= 11 is 1.52. The van der Waals surface area contributed by atoms with Gasteiger partial charge in [-0.25, -0.2) is 4.79 Å². The van der Waals surface area contributed by atoms with Crippen molar-refractivity contribution >= 4 is 35.1 Å². The molecule has 1 aliphatic rings. The van der Waals surface area contributed by atoms with Crippen LogP contribution in [0.5, 0.6) is 0 Å². The van der Waals surface area contributed by atoms with E-state index < -0.39 is 0 Å². The highest BCUT2D eigenvalue weighted by molar-refractivity contribution is 8.00. The Labute approximate surface area is 116 Å². The highest BCUT2D eigenvalue weighted by Crippen LogP contribution is 2.36. The average molecular weight is 279 g/mol. The van der Waals surface area contributed by atoms with E-state index in [1.807, 2.05) is 26.0 Å². The van der Waals surface area contributed by atoms with Crippen LogP contribution in [0.4, 0.5) is 16.2 Å². The summed E-state index contributed by atoms with van der Waals surface area (Å²) in [7, 11) is 0. The van der Waals surface area contributed by atoms with Crippen LogP contribution in [0.3, 0.4) is 0 Å². The summed E-state index contributed by atoms with van der Waals surface area (Å²) in [5.41, 5.74) is 1.42. The first-order valence-corrected chi connectivity index (χ1v) is 7.14. The minimum atomic E-state index is -0.232. The van der Waals surface area contributed by atoms with Crippen LogP contribution >= 0.6 is 11.8 Å². The Balaban J connectivity index is 2.07. The molecule has 1 atom stereocenters. The largest absolute Gasteiger partial charge is 0.338 e. The molecule has 3 N–H and O–H groups in total. The standard InChI is InChI=1S/C13H17N3O2S/c1-3-6-14-13(18)15-9-4-5-11-10(7-9)16-12(17)8(2)19-11/h4-5,7-8H,3,6H2,1-2H3,(H,16,17)(H2,14,15,18). The van der Waals surface area contributed by atoms with E-state index >= 15 is 0 Å². The number of rotatable bonds is 3. The lowest BCUT2D eigenvalue weighted by molar-refractivity contribution is -0.115. The maximum Gasteiger partial charge on any atom is 0.319 e. The van der Waals surface area contributed by atoms with Crippen LogP contribution in [-0.4, -0.2) is 23.7 Å². The molecule has 1 aliphatic heterocycles. The number of nitrogens with one attached hydrogen (secondary N) is 3. The van der Waals surface area contributed by atoms with Crippen LogP contribution in [0.15, 0.2) is 23.1 Å². The highest BCUT2D eigenvalue weighted by atomic mass is 32.2. The molecular formula is C13H17N3O2S. The summed E-state index contributed by atoms with van der Waals surface area (Å²) in [4.78, 5) is 24.2. The Kier molecular flexibility index (Phi) is 4.31. The van der Waals surface area contributed by atoms with Gasteiger partial charge in [0, 0.05) is 17.1 Å². The summed E-state index contributed by atoms with van der Waals surface area (Å²) in [6.45, 7) is 4.50. The quantitative estimate of drug-likeness (QED) is 0.796. The number of hydrogen-bond donors (Lipinski definition) is 3. The van der Waals surface area contributed by atoms with Gasteiger partial charge in [-0.1, -0.05) is 6.92 Å². The first-order valence-electron chi connectivity index (χ1n) is 6.26. The van der Waals surface area contributed by atoms with Crippen molar-refractivity contribution in [3.63, 3.8) is 0 Å². The Bertz CT molecular complexity index is 505. The maximum atomic E-state index is 11.6. The van der Waals surface area contributed by atoms with Gasteiger partial charge in [-0.15, -0.1) is 11.8 Å². The van der Waals surface area contributed by atoms with Crippen molar-refractivity contribution < 1.29 is 9.59 Å². The number of amides is 3. The second-order valence-corrected chi connectivity index (χ2v) is 5.72. The van der Waals surface area contributed by atoms with Crippen molar-refractivity contribution in [3.05, 3.63) is 18.2 Å². The molecule has 0 spiro atoms. The van der Waals surface area contributed by atoms with E-state index in [4.69, 9.17) is 0 Å². The van der Waals surface area contributed by atoms with Gasteiger partial charge < -0.3 is 16.0 Å². The zero-order valence-electron chi connectivity index (χ0n) is 10.9. The third-order valence-electron chi connectivity index (χ3n) is 2.70. The fourth-order valence-electron chi connectivity index (χ4n) is 1.70. The molecule has 102 valence electrons. The zero-order chi connectivity index (χ0) is 13.8. The third-order valence-corrected chi connectivity index (χ3v) is 3.88. The first-order chi connectivity index (χ1) is 9.10. The van der Waals surface area contributed by atoms with E-state index in [0.29, 0.717) is 12.2 Å². The molecule has 0 fully saturated rings. The number of urea groups is 1. The number of hydrogen-bond acceptors (Lipinski definition) is 3. The highest BCUT2D eigenvalue weighted by Gasteiger charge is 2.23. The van der Waals surface area contributed by atoms with Gasteiger partial charge in [0.1, 0.15) is 0 Å². The smallest absolute Gasteiger partial charge is 0.319 e. The van der Waals surface area contributed by atoms with Crippen molar-refractivity contribution in [3.8, 4) is 0 Å². The number of benzene rings is 1. The summed E-state index contributed by atoms with van der Waals surface area (Å²) in [5, 5.41) is 8.23. The van der Waals surface area contributed by atoms with Gasteiger partial charge in [0.15, 0.2) is 0 Å². The normalized spacial score (nSPS) is 17.4. The first kappa shape index (κ1) is 13.7. The molecule has 0 saturated heterocycles. The number of fused-ring (bicyclic) bond motifs is 1. The van der Waals surface area contributed by atoms with Gasteiger partial charge in [0.05, 0.1) is 10.9 Å². The lowest BCUT2D eigenvalue weighted by Gasteiger charge is -2.22. The van der Waals surface area contributed by atoms with Crippen molar-refractivity contribution in [2.24, 2.45) is 0 Å². The number of anilines is 2. The minimum absolute atomic E-state index is 0.00918. The molecule has 0 aromatic heterocycles. The minimum Gasteiger partial charge on any atom is -0.338 e. The molecule has 1 aromatic rings. The molecule has 0 radical (unpaired) electrons. The molecule has 0 aliphatic carbocycles. The Morgan fingerprint density at radius 2 is 2.26 bits per heavy atom. The second kappa shape index (κ2) is 5.97. The van der Waals surface area contributed by atoms with Gasteiger partial charge in [-0.2, -0.15) is 0 Å². The number of carbonyl (C=O) groups excluding carboxylic acids is 2. The van der Waals surface area contributed by atoms with Crippen LogP contribution in [0.1, 0.15) is 20.3 Å². The van der Waals surface area contributed by atoms with Crippen LogP contribution in [0.25, 0.3) is 0 Å². The molecule has 1 aromatic carbocycles. The molecule has 2 rings (SSSR count). The van der Waals surface area contributed by atoms with Crippen molar-refractivity contribution in [1.82, 2.24) is 5.32 Å². The summed E-state index contributed by atoms with van der Waals surface area (Å²) < 4.78 is 0. The molecule has 19 heavy (non-hydrogen) atoms. The molecule has 0 bridgehead atoms. The second-order valence-electron chi connectivity index (χ2n) is 4.34. The van der Waals surface area contributed by atoms with Crippen molar-refractivity contribution in [2.75, 3.05) is 17.2 Å². The predicted octanol–water partition coefficient (Wildman–Crippen LogP) is 2.65. The fourth-order valence-corrected chi connectivity index (χ4v) is 2.63. The van der Waals surface area contributed by atoms with E-state index in [0.717, 1.165) is 17.0 Å². The monoisotopic (exact) mass is 279 g/mol. The van der Waals surface area contributed by atoms with Crippen LogP contribution in [0, 0.1) is 0 Å². The van der Waals surface area contributed by atoms with Gasteiger partial charge in [0.2, 0.25) is 5.91 Å². The predicted molar refractivity (Wildman–Crippen MR) is 77.7 cm³/mol. The van der Waals surface area contributed by atoms with Crippen LogP contribution < -0.4 is 16.0 Å². The van der Waals surface area contributed by atoms with E-state index in [1.54, 1.807) is 6.07 Å². The lowest BCUT2D eigenvalue weighted by Crippen LogP contribution is -2.29. The van der Waals surface area contributed by atoms with Crippen LogP contribution in [0.2, 0.25) is 0 Å². The molecule has 1 heterocycles. The third kappa shape index (κ3) is 3.41. The fraction of sp³-hybridized carbons (Fsp3) is 0.385. The summed E-state index contributed by atoms with van der Waals surface area (Å²) in [6, 6.07) is 5.29. The average Bonchev–Trinajstić information content (AvgIpc) is 2.38. The van der Waals surface area contributed by atoms with E-state index in [-0.39, 0.29) is 17.2 Å².